The van der Waals surface area contributed by atoms with Gasteiger partial charge in [-0.2, -0.15) is 5.06 Å². The van der Waals surface area contributed by atoms with Gasteiger partial charge in [0.1, 0.15) is 0 Å². The topological polar surface area (TPSA) is 12.5 Å². The van der Waals surface area contributed by atoms with E-state index in [0.29, 0.717) is 6.61 Å². The van der Waals surface area contributed by atoms with Crippen LogP contribution in [0.15, 0.2) is 54.6 Å². The molecule has 0 N–H and O–H groups in total. The molecule has 0 saturated carbocycles. The number of hydroxylamine groups is 2. The Morgan fingerprint density at radius 3 is 2.08 bits per heavy atom. The smallest absolute Gasteiger partial charge is 0.0942 e. The Morgan fingerprint density at radius 1 is 0.833 bits per heavy atom. The second-order valence-electron chi connectivity index (χ2n) is 8.07. The van der Waals surface area contributed by atoms with E-state index in [-0.39, 0.29) is 11.1 Å². The Labute approximate surface area is 146 Å². The van der Waals surface area contributed by atoms with E-state index in [2.05, 4.69) is 87.4 Å². The molecule has 2 aromatic rings. The summed E-state index contributed by atoms with van der Waals surface area (Å²) in [7, 11) is 0. The van der Waals surface area contributed by atoms with Gasteiger partial charge in [-0.3, -0.25) is 4.84 Å². The van der Waals surface area contributed by atoms with E-state index < -0.39 is 0 Å². The monoisotopic (exact) mass is 323 g/mol. The summed E-state index contributed by atoms with van der Waals surface area (Å²) in [4.78, 5) is 6.40. The summed E-state index contributed by atoms with van der Waals surface area (Å²) in [6.45, 7) is 9.76. The molecule has 2 nitrogen and oxygen atoms in total. The molecular weight excluding hydrogens is 294 g/mol. The molecule has 1 aliphatic heterocycles. The van der Waals surface area contributed by atoms with Crippen molar-refractivity contribution in [3.05, 3.63) is 60.2 Å². The van der Waals surface area contributed by atoms with Gasteiger partial charge in [-0.15, -0.1) is 0 Å². The number of benzene rings is 2. The van der Waals surface area contributed by atoms with Gasteiger partial charge in [-0.25, -0.2) is 0 Å². The molecule has 0 atom stereocenters. The number of nitrogens with zero attached hydrogens (tertiary/aromatic N) is 1. The SMILES string of the molecule is CC1(C)CCCC(C)(C)N1OCc1ccccc1-c1ccccc1. The molecule has 1 saturated heterocycles. The Hall–Kier alpha value is -1.64. The minimum atomic E-state index is 0.0729. The largest absolute Gasteiger partial charge is 0.293 e. The van der Waals surface area contributed by atoms with Crippen molar-refractivity contribution in [2.75, 3.05) is 0 Å². The fraction of sp³-hybridized carbons (Fsp3) is 0.455. The average Bonchev–Trinajstić information content (AvgIpc) is 2.54. The number of rotatable bonds is 4. The van der Waals surface area contributed by atoms with Crippen LogP contribution in [-0.4, -0.2) is 16.1 Å². The maximum absolute atomic E-state index is 6.40. The van der Waals surface area contributed by atoms with Crippen LogP contribution in [0.2, 0.25) is 0 Å². The zero-order chi connectivity index (χ0) is 17.2. The summed E-state index contributed by atoms with van der Waals surface area (Å²) >= 11 is 0. The van der Waals surface area contributed by atoms with Crippen molar-refractivity contribution in [2.45, 2.75) is 64.6 Å². The van der Waals surface area contributed by atoms with Crippen LogP contribution in [0.25, 0.3) is 11.1 Å². The number of hydrogen-bond donors (Lipinski definition) is 0. The predicted molar refractivity (Wildman–Crippen MR) is 101 cm³/mol. The van der Waals surface area contributed by atoms with Crippen molar-refractivity contribution in [1.29, 1.82) is 0 Å². The second kappa shape index (κ2) is 6.70. The molecule has 1 fully saturated rings. The Morgan fingerprint density at radius 2 is 1.42 bits per heavy atom. The van der Waals surface area contributed by atoms with E-state index in [4.69, 9.17) is 4.84 Å². The average molecular weight is 323 g/mol. The second-order valence-corrected chi connectivity index (χ2v) is 8.07. The van der Waals surface area contributed by atoms with E-state index >= 15 is 0 Å². The summed E-state index contributed by atoms with van der Waals surface area (Å²) in [5.74, 6) is 0. The van der Waals surface area contributed by atoms with E-state index in [1.165, 1.54) is 36.0 Å². The predicted octanol–water partition coefficient (Wildman–Crippen LogP) is 5.83. The van der Waals surface area contributed by atoms with Crippen molar-refractivity contribution in [3.63, 3.8) is 0 Å². The molecule has 0 aliphatic carbocycles. The van der Waals surface area contributed by atoms with Crippen molar-refractivity contribution >= 4 is 0 Å². The Kier molecular flexibility index (Phi) is 4.80. The fourth-order valence-corrected chi connectivity index (χ4v) is 4.01. The van der Waals surface area contributed by atoms with Gasteiger partial charge in [0.15, 0.2) is 0 Å². The van der Waals surface area contributed by atoms with Crippen molar-refractivity contribution in [1.82, 2.24) is 5.06 Å². The first-order valence-electron chi connectivity index (χ1n) is 8.97. The van der Waals surface area contributed by atoms with Crippen molar-refractivity contribution < 1.29 is 4.84 Å². The maximum Gasteiger partial charge on any atom is 0.0942 e. The molecule has 1 aliphatic rings. The van der Waals surface area contributed by atoms with Crippen LogP contribution in [0.4, 0.5) is 0 Å². The Balaban J connectivity index is 1.82. The highest BCUT2D eigenvalue weighted by Gasteiger charge is 2.42. The zero-order valence-corrected chi connectivity index (χ0v) is 15.4. The summed E-state index contributed by atoms with van der Waals surface area (Å²) < 4.78 is 0. The van der Waals surface area contributed by atoms with Gasteiger partial charge in [0.2, 0.25) is 0 Å². The maximum atomic E-state index is 6.40. The fourth-order valence-electron chi connectivity index (χ4n) is 4.01. The van der Waals surface area contributed by atoms with Crippen molar-refractivity contribution in [3.8, 4) is 11.1 Å². The van der Waals surface area contributed by atoms with Gasteiger partial charge >= 0.3 is 0 Å². The first-order valence-corrected chi connectivity index (χ1v) is 8.97. The van der Waals surface area contributed by atoms with Gasteiger partial charge in [0.25, 0.3) is 0 Å². The summed E-state index contributed by atoms with van der Waals surface area (Å²) in [6.07, 6.45) is 3.62. The quantitative estimate of drug-likeness (QED) is 0.702. The van der Waals surface area contributed by atoms with Gasteiger partial charge in [-0.05, 0) is 63.6 Å². The summed E-state index contributed by atoms with van der Waals surface area (Å²) in [5.41, 5.74) is 3.88. The summed E-state index contributed by atoms with van der Waals surface area (Å²) in [6, 6.07) is 19.1. The lowest BCUT2D eigenvalue weighted by molar-refractivity contribution is -0.287. The molecule has 0 radical (unpaired) electrons. The van der Waals surface area contributed by atoms with Gasteiger partial charge < -0.3 is 0 Å². The molecule has 0 amide bonds. The van der Waals surface area contributed by atoms with Gasteiger partial charge in [0.05, 0.1) is 6.61 Å². The highest BCUT2D eigenvalue weighted by molar-refractivity contribution is 5.66. The van der Waals surface area contributed by atoms with Gasteiger partial charge in [0, 0.05) is 11.1 Å². The van der Waals surface area contributed by atoms with Crippen LogP contribution >= 0.6 is 0 Å². The van der Waals surface area contributed by atoms with E-state index in [1.807, 2.05) is 0 Å². The van der Waals surface area contributed by atoms with Crippen LogP contribution in [0.1, 0.15) is 52.5 Å². The molecule has 0 spiro atoms. The highest BCUT2D eigenvalue weighted by atomic mass is 16.7. The third-order valence-electron chi connectivity index (χ3n) is 5.13. The van der Waals surface area contributed by atoms with E-state index in [1.54, 1.807) is 0 Å². The van der Waals surface area contributed by atoms with E-state index in [9.17, 15) is 0 Å². The summed E-state index contributed by atoms with van der Waals surface area (Å²) in [5, 5.41) is 2.24. The third-order valence-corrected chi connectivity index (χ3v) is 5.13. The van der Waals surface area contributed by atoms with Crippen LogP contribution in [0.5, 0.6) is 0 Å². The van der Waals surface area contributed by atoms with Crippen LogP contribution in [-0.2, 0) is 11.4 Å². The minimum Gasteiger partial charge on any atom is -0.293 e. The molecule has 3 rings (SSSR count). The zero-order valence-electron chi connectivity index (χ0n) is 15.4. The van der Waals surface area contributed by atoms with Crippen molar-refractivity contribution in [2.24, 2.45) is 0 Å². The lowest BCUT2D eigenvalue weighted by atomic mass is 9.82. The molecule has 128 valence electrons. The lowest BCUT2D eigenvalue weighted by Gasteiger charge is -2.51. The Bertz CT molecular complexity index is 659. The molecule has 24 heavy (non-hydrogen) atoms. The molecule has 0 aromatic heterocycles. The van der Waals surface area contributed by atoms with Crippen LogP contribution in [0, 0.1) is 0 Å². The molecule has 0 bridgehead atoms. The standard InChI is InChI=1S/C22H29NO/c1-21(2)15-10-16-22(3,4)23(21)24-17-19-13-8-9-14-20(19)18-11-6-5-7-12-18/h5-9,11-14H,10,15-17H2,1-4H3. The van der Waals surface area contributed by atoms with Crippen LogP contribution < -0.4 is 0 Å². The first-order chi connectivity index (χ1) is 11.4. The van der Waals surface area contributed by atoms with Gasteiger partial charge in [-0.1, -0.05) is 54.6 Å². The number of hydrogen-bond acceptors (Lipinski definition) is 2. The third kappa shape index (κ3) is 3.55. The number of piperidine rings is 1. The molecular formula is C22H29NO. The lowest BCUT2D eigenvalue weighted by Crippen LogP contribution is -2.58. The molecule has 1 heterocycles. The molecule has 2 aromatic carbocycles. The van der Waals surface area contributed by atoms with E-state index in [0.717, 1.165) is 0 Å². The minimum absolute atomic E-state index is 0.0729. The first kappa shape index (κ1) is 17.2. The molecule has 0 unspecified atom stereocenters. The molecule has 2 heteroatoms. The normalized spacial score (nSPS) is 20.0. The highest BCUT2D eigenvalue weighted by Crippen LogP contribution is 2.39. The van der Waals surface area contributed by atoms with Crippen LogP contribution in [0.3, 0.4) is 0 Å².